The number of ether oxygens (including phenoxy) is 1. The molecule has 1 saturated heterocycles. The summed E-state index contributed by atoms with van der Waals surface area (Å²) in [5.74, 6) is 0. The summed E-state index contributed by atoms with van der Waals surface area (Å²) in [6.45, 7) is 0.972. The number of aliphatic hydroxyl groups excluding tert-OH is 2. The van der Waals surface area contributed by atoms with E-state index in [2.05, 4.69) is 0 Å². The van der Waals surface area contributed by atoms with Crippen LogP contribution in [0.2, 0.25) is 0 Å². The van der Waals surface area contributed by atoms with Crippen molar-refractivity contribution in [3.63, 3.8) is 0 Å². The smallest absolute Gasteiger partial charge is 0.335 e. The van der Waals surface area contributed by atoms with Gasteiger partial charge in [-0.05, 0) is 6.92 Å². The molecule has 4 bridgehead atoms. The van der Waals surface area contributed by atoms with Crippen LogP contribution in [0, 0.1) is 6.92 Å². The van der Waals surface area contributed by atoms with Gasteiger partial charge in [-0.15, -0.1) is 0 Å². The van der Waals surface area contributed by atoms with E-state index in [-0.39, 0.29) is 13.8 Å². The van der Waals surface area contributed by atoms with Crippen LogP contribution in [0.4, 0.5) is 0 Å². The molecule has 0 spiro atoms. The van der Waals surface area contributed by atoms with E-state index in [4.69, 9.17) is 4.74 Å². The third-order valence-corrected chi connectivity index (χ3v) is 3.49. The number of aryl methyl sites for hydroxylation is 1. The maximum Gasteiger partial charge on any atom is 0.335 e. The van der Waals surface area contributed by atoms with Crippen LogP contribution in [-0.2, 0) is 10.5 Å². The molecule has 7 nitrogen and oxygen atoms in total. The van der Waals surface area contributed by atoms with Gasteiger partial charge in [-0.1, -0.05) is 7.43 Å². The highest BCUT2D eigenvalue weighted by Gasteiger charge is 2.55. The molecular formula is C11H16N2O5. The van der Waals surface area contributed by atoms with Crippen molar-refractivity contribution in [1.29, 1.82) is 0 Å². The van der Waals surface area contributed by atoms with Gasteiger partial charge in [-0.25, -0.2) is 9.36 Å². The topological polar surface area (TPSA) is 93.7 Å². The summed E-state index contributed by atoms with van der Waals surface area (Å²) >= 11 is 0. The summed E-state index contributed by atoms with van der Waals surface area (Å²) in [5.41, 5.74) is -2.34. The molecule has 1 unspecified atom stereocenters. The zero-order chi connectivity index (χ0) is 12.4. The molecule has 2 aliphatic heterocycles. The van der Waals surface area contributed by atoms with Crippen LogP contribution < -0.4 is 11.2 Å². The SMILES string of the molecule is C.Cc1cn2c(=O)n(c1=O)[C@]1(CO)O[C@@H]2CC1O. The lowest BCUT2D eigenvalue weighted by atomic mass is 10.1. The molecule has 1 aromatic rings. The van der Waals surface area contributed by atoms with Gasteiger partial charge in [0.05, 0.1) is 6.61 Å². The highest BCUT2D eigenvalue weighted by atomic mass is 16.6. The van der Waals surface area contributed by atoms with E-state index in [0.29, 0.717) is 5.56 Å². The Morgan fingerprint density at radius 2 is 2.22 bits per heavy atom. The molecule has 2 N–H and O–H groups in total. The minimum atomic E-state index is -1.62. The van der Waals surface area contributed by atoms with Gasteiger partial charge in [0.15, 0.2) is 0 Å². The zero-order valence-electron chi connectivity index (χ0n) is 9.16. The highest BCUT2D eigenvalue weighted by Crippen LogP contribution is 2.40. The first-order chi connectivity index (χ1) is 8.01. The number of aromatic nitrogens is 2. The number of rotatable bonds is 1. The minimum Gasteiger partial charge on any atom is -0.391 e. The first-order valence-corrected chi connectivity index (χ1v) is 5.33. The van der Waals surface area contributed by atoms with Gasteiger partial charge < -0.3 is 14.9 Å². The van der Waals surface area contributed by atoms with E-state index in [1.165, 1.54) is 10.8 Å². The van der Waals surface area contributed by atoms with Gasteiger partial charge in [0.2, 0.25) is 5.72 Å². The van der Waals surface area contributed by atoms with Crippen molar-refractivity contribution < 1.29 is 14.9 Å². The third kappa shape index (κ3) is 1.23. The molecule has 0 aromatic carbocycles. The number of fused-ring (bicyclic) bond motifs is 6. The lowest BCUT2D eigenvalue weighted by molar-refractivity contribution is -0.200. The largest absolute Gasteiger partial charge is 0.391 e. The fourth-order valence-corrected chi connectivity index (χ4v) is 2.56. The molecule has 3 atom stereocenters. The Labute approximate surface area is 103 Å². The normalized spacial score (nSPS) is 32.2. The standard InChI is InChI=1S/C10H12N2O5.CH4/c1-5-3-11-7-2-6(14)10(4-13,17-7)12(8(5)15)9(11)16;/h3,6-7,13-14H,2,4H2,1H3;1H4/t6?,7-,10-;/m1./s1. The maximum absolute atomic E-state index is 12.0. The summed E-state index contributed by atoms with van der Waals surface area (Å²) in [4.78, 5) is 24.0. The molecule has 0 aliphatic carbocycles. The van der Waals surface area contributed by atoms with Crippen molar-refractivity contribution in [3.8, 4) is 0 Å². The summed E-state index contributed by atoms with van der Waals surface area (Å²) in [7, 11) is 0. The quantitative estimate of drug-likeness (QED) is 0.664. The Morgan fingerprint density at radius 3 is 2.83 bits per heavy atom. The van der Waals surface area contributed by atoms with Crippen LogP contribution in [0.1, 0.15) is 25.6 Å². The van der Waals surface area contributed by atoms with Gasteiger partial charge in [0, 0.05) is 18.2 Å². The molecule has 18 heavy (non-hydrogen) atoms. The molecule has 2 aliphatic rings. The Hall–Kier alpha value is -1.44. The number of hydrogen-bond donors (Lipinski definition) is 2. The second-order valence-corrected chi connectivity index (χ2v) is 4.47. The summed E-state index contributed by atoms with van der Waals surface area (Å²) in [6.07, 6.45) is -0.0935. The molecule has 7 heteroatoms. The van der Waals surface area contributed by atoms with Crippen molar-refractivity contribution in [2.24, 2.45) is 0 Å². The van der Waals surface area contributed by atoms with E-state index >= 15 is 0 Å². The van der Waals surface area contributed by atoms with Gasteiger partial charge in [-0.2, -0.15) is 0 Å². The van der Waals surface area contributed by atoms with Crippen molar-refractivity contribution in [1.82, 2.24) is 9.13 Å². The summed E-state index contributed by atoms with van der Waals surface area (Å²) < 4.78 is 7.56. The molecule has 1 fully saturated rings. The van der Waals surface area contributed by atoms with Crippen molar-refractivity contribution in [3.05, 3.63) is 32.6 Å². The average molecular weight is 256 g/mol. The molecular weight excluding hydrogens is 240 g/mol. The Bertz CT molecular complexity index is 604. The van der Waals surface area contributed by atoms with Gasteiger partial charge >= 0.3 is 5.69 Å². The number of aliphatic hydroxyl groups is 2. The highest BCUT2D eigenvalue weighted by molar-refractivity contribution is 5.10. The van der Waals surface area contributed by atoms with Crippen LogP contribution >= 0.6 is 0 Å². The van der Waals surface area contributed by atoms with E-state index in [0.717, 1.165) is 4.57 Å². The molecule has 0 amide bonds. The second-order valence-electron chi connectivity index (χ2n) is 4.47. The molecule has 0 radical (unpaired) electrons. The third-order valence-electron chi connectivity index (χ3n) is 3.49. The Balaban J connectivity index is 0.00000120. The Kier molecular flexibility index (Phi) is 2.73. The van der Waals surface area contributed by atoms with Gasteiger partial charge in [-0.3, -0.25) is 9.36 Å². The maximum atomic E-state index is 12.0. The fourth-order valence-electron chi connectivity index (χ4n) is 2.56. The van der Waals surface area contributed by atoms with Crippen LogP contribution in [0.15, 0.2) is 15.8 Å². The summed E-state index contributed by atoms with van der Waals surface area (Å²) in [5, 5.41) is 19.3. The van der Waals surface area contributed by atoms with Gasteiger partial charge in [0.25, 0.3) is 5.56 Å². The fraction of sp³-hybridized carbons (Fsp3) is 0.636. The molecule has 0 saturated carbocycles. The predicted octanol–water partition coefficient (Wildman–Crippen LogP) is -1.11. The molecule has 100 valence electrons. The number of nitrogens with zero attached hydrogens (tertiary/aromatic N) is 2. The zero-order valence-corrected chi connectivity index (χ0v) is 9.16. The lowest BCUT2D eigenvalue weighted by Crippen LogP contribution is -2.60. The first kappa shape index (κ1) is 13.0. The molecule has 3 rings (SSSR count). The van der Waals surface area contributed by atoms with E-state index in [1.54, 1.807) is 6.92 Å². The van der Waals surface area contributed by atoms with Crippen LogP contribution in [0.3, 0.4) is 0 Å². The van der Waals surface area contributed by atoms with Gasteiger partial charge in [0.1, 0.15) is 12.3 Å². The van der Waals surface area contributed by atoms with Crippen LogP contribution in [-0.4, -0.2) is 32.1 Å². The minimum absolute atomic E-state index is 0. The molecule has 3 heterocycles. The van der Waals surface area contributed by atoms with E-state index < -0.39 is 35.9 Å². The number of hydrogen-bond acceptors (Lipinski definition) is 5. The Morgan fingerprint density at radius 1 is 1.56 bits per heavy atom. The van der Waals surface area contributed by atoms with Crippen LogP contribution in [0.5, 0.6) is 0 Å². The van der Waals surface area contributed by atoms with Crippen molar-refractivity contribution in [2.45, 2.75) is 38.8 Å². The molecule has 1 aromatic heterocycles. The van der Waals surface area contributed by atoms with Crippen molar-refractivity contribution in [2.75, 3.05) is 6.61 Å². The monoisotopic (exact) mass is 256 g/mol. The lowest BCUT2D eigenvalue weighted by Gasteiger charge is -2.35. The van der Waals surface area contributed by atoms with Crippen molar-refractivity contribution >= 4 is 0 Å². The predicted molar refractivity (Wildman–Crippen MR) is 62.2 cm³/mol. The van der Waals surface area contributed by atoms with E-state index in [9.17, 15) is 19.8 Å². The second kappa shape index (κ2) is 3.78. The van der Waals surface area contributed by atoms with Crippen LogP contribution in [0.25, 0.3) is 0 Å². The van der Waals surface area contributed by atoms with E-state index in [1.807, 2.05) is 0 Å². The average Bonchev–Trinajstić information content (AvgIpc) is 2.59. The summed E-state index contributed by atoms with van der Waals surface area (Å²) in [6, 6.07) is 0. The first-order valence-electron chi connectivity index (χ1n) is 5.33.